The molecule has 0 fully saturated rings. The Labute approximate surface area is 114 Å². The molecule has 0 aliphatic heterocycles. The Bertz CT molecular complexity index is 752. The highest BCUT2D eigenvalue weighted by Crippen LogP contribution is 2.30. The minimum absolute atomic E-state index is 0.484. The van der Waals surface area contributed by atoms with Crippen molar-refractivity contribution in [3.63, 3.8) is 0 Å². The fourth-order valence-corrected chi connectivity index (χ4v) is 2.00. The predicted octanol–water partition coefficient (Wildman–Crippen LogP) is 3.74. The molecule has 0 unspecified atom stereocenters. The lowest BCUT2D eigenvalue weighted by Gasteiger charge is -1.99. The van der Waals surface area contributed by atoms with Crippen molar-refractivity contribution >= 4 is 28.4 Å². The molecule has 0 saturated carbocycles. The largest absolute Gasteiger partial charge is 0.497 e. The van der Waals surface area contributed by atoms with Gasteiger partial charge in [-0.2, -0.15) is 0 Å². The van der Waals surface area contributed by atoms with Crippen LogP contribution in [0.25, 0.3) is 22.6 Å². The fourth-order valence-electron chi connectivity index (χ4n) is 1.82. The van der Waals surface area contributed by atoms with Crippen LogP contribution in [0.2, 0.25) is 5.02 Å². The van der Waals surface area contributed by atoms with E-state index in [1.807, 2.05) is 18.2 Å². The van der Waals surface area contributed by atoms with E-state index >= 15 is 0 Å². The van der Waals surface area contributed by atoms with Crippen molar-refractivity contribution in [2.75, 3.05) is 12.8 Å². The zero-order chi connectivity index (χ0) is 13.4. The van der Waals surface area contributed by atoms with Crippen molar-refractivity contribution in [2.45, 2.75) is 0 Å². The number of fused-ring (bicyclic) bond motifs is 1. The fraction of sp³-hybridized carbons (Fsp3) is 0.0714. The number of aromatic nitrogens is 1. The zero-order valence-electron chi connectivity index (χ0n) is 10.2. The van der Waals surface area contributed by atoms with Gasteiger partial charge in [0.1, 0.15) is 11.3 Å². The van der Waals surface area contributed by atoms with Crippen LogP contribution in [0.1, 0.15) is 0 Å². The molecule has 1 aromatic heterocycles. The lowest BCUT2D eigenvalue weighted by molar-refractivity contribution is 0.414. The molecule has 3 rings (SSSR count). The summed E-state index contributed by atoms with van der Waals surface area (Å²) >= 11 is 6.00. The summed E-state index contributed by atoms with van der Waals surface area (Å²) in [5.74, 6) is 1.23. The zero-order valence-corrected chi connectivity index (χ0v) is 10.9. The molecule has 2 aromatic carbocycles. The maximum atomic E-state index is 6.00. The summed E-state index contributed by atoms with van der Waals surface area (Å²) in [6, 6.07) is 10.8. The average Bonchev–Trinajstić information content (AvgIpc) is 2.84. The normalized spacial score (nSPS) is 10.8. The van der Waals surface area contributed by atoms with Gasteiger partial charge in [-0.3, -0.25) is 0 Å². The molecule has 0 amide bonds. The highest BCUT2D eigenvalue weighted by atomic mass is 35.5. The van der Waals surface area contributed by atoms with Gasteiger partial charge in [-0.05, 0) is 30.3 Å². The summed E-state index contributed by atoms with van der Waals surface area (Å²) in [5, 5.41) is 0.484. The number of oxazole rings is 1. The van der Waals surface area contributed by atoms with Crippen LogP contribution in [0, 0.1) is 0 Å². The summed E-state index contributed by atoms with van der Waals surface area (Å²) < 4.78 is 10.8. The monoisotopic (exact) mass is 274 g/mol. The molecular weight excluding hydrogens is 264 g/mol. The first-order valence-electron chi connectivity index (χ1n) is 5.67. The number of hydrogen-bond donors (Lipinski definition) is 1. The van der Waals surface area contributed by atoms with Crippen LogP contribution in [0.3, 0.4) is 0 Å². The van der Waals surface area contributed by atoms with Crippen molar-refractivity contribution < 1.29 is 9.15 Å². The van der Waals surface area contributed by atoms with Crippen LogP contribution >= 0.6 is 11.6 Å². The molecule has 0 aliphatic carbocycles. The summed E-state index contributed by atoms with van der Waals surface area (Å²) in [4.78, 5) is 4.41. The molecule has 3 aromatic rings. The van der Waals surface area contributed by atoms with Gasteiger partial charge in [0.15, 0.2) is 5.58 Å². The molecule has 4 nitrogen and oxygen atoms in total. The quantitative estimate of drug-likeness (QED) is 0.723. The predicted molar refractivity (Wildman–Crippen MR) is 75.4 cm³/mol. The lowest BCUT2D eigenvalue weighted by atomic mass is 10.2. The summed E-state index contributed by atoms with van der Waals surface area (Å²) in [6.07, 6.45) is 0. The number of nitrogen functional groups attached to an aromatic ring is 1. The van der Waals surface area contributed by atoms with Gasteiger partial charge in [0.05, 0.1) is 17.8 Å². The number of methoxy groups -OCH3 is 1. The summed E-state index contributed by atoms with van der Waals surface area (Å²) in [6.45, 7) is 0. The number of benzene rings is 2. The average molecular weight is 275 g/mol. The minimum Gasteiger partial charge on any atom is -0.497 e. The standard InChI is InChI=1S/C14H11ClN2O2/c1-18-9-3-5-12-13(7-9)19-14(17-12)8-2-4-11(16)10(15)6-8/h2-7H,16H2,1H3. The topological polar surface area (TPSA) is 61.3 Å². The number of anilines is 1. The molecular formula is C14H11ClN2O2. The van der Waals surface area contributed by atoms with Gasteiger partial charge >= 0.3 is 0 Å². The Balaban J connectivity index is 2.11. The molecule has 0 saturated heterocycles. The highest BCUT2D eigenvalue weighted by Gasteiger charge is 2.10. The van der Waals surface area contributed by atoms with E-state index in [2.05, 4.69) is 4.98 Å². The van der Waals surface area contributed by atoms with Crippen molar-refractivity contribution in [1.29, 1.82) is 0 Å². The van der Waals surface area contributed by atoms with E-state index in [1.165, 1.54) is 0 Å². The molecule has 0 radical (unpaired) electrons. The van der Waals surface area contributed by atoms with Gasteiger partial charge in [-0.25, -0.2) is 4.98 Å². The molecule has 2 N–H and O–H groups in total. The van der Waals surface area contributed by atoms with E-state index in [-0.39, 0.29) is 0 Å². The van der Waals surface area contributed by atoms with Crippen LogP contribution < -0.4 is 10.5 Å². The Morgan fingerprint density at radius 1 is 1.21 bits per heavy atom. The van der Waals surface area contributed by atoms with E-state index in [0.29, 0.717) is 22.2 Å². The Kier molecular flexibility index (Phi) is 2.80. The molecule has 1 heterocycles. The van der Waals surface area contributed by atoms with Crippen LogP contribution in [-0.4, -0.2) is 12.1 Å². The third kappa shape index (κ3) is 2.11. The smallest absolute Gasteiger partial charge is 0.227 e. The van der Waals surface area contributed by atoms with E-state index < -0.39 is 0 Å². The van der Waals surface area contributed by atoms with E-state index in [0.717, 1.165) is 16.8 Å². The number of rotatable bonds is 2. The Morgan fingerprint density at radius 3 is 2.79 bits per heavy atom. The molecule has 0 spiro atoms. The number of nitrogens with zero attached hydrogens (tertiary/aromatic N) is 1. The van der Waals surface area contributed by atoms with Crippen LogP contribution in [0.15, 0.2) is 40.8 Å². The van der Waals surface area contributed by atoms with E-state index in [1.54, 1.807) is 25.3 Å². The summed E-state index contributed by atoms with van der Waals surface area (Å²) in [5.41, 5.74) is 8.43. The van der Waals surface area contributed by atoms with Crippen LogP contribution in [0.4, 0.5) is 5.69 Å². The van der Waals surface area contributed by atoms with Gasteiger partial charge in [0, 0.05) is 11.6 Å². The van der Waals surface area contributed by atoms with Gasteiger partial charge in [-0.15, -0.1) is 0 Å². The third-order valence-electron chi connectivity index (χ3n) is 2.84. The van der Waals surface area contributed by atoms with Gasteiger partial charge in [0.2, 0.25) is 5.89 Å². The van der Waals surface area contributed by atoms with Crippen LogP contribution in [-0.2, 0) is 0 Å². The second-order valence-corrected chi connectivity index (χ2v) is 4.50. The Morgan fingerprint density at radius 2 is 2.05 bits per heavy atom. The second-order valence-electron chi connectivity index (χ2n) is 4.09. The van der Waals surface area contributed by atoms with E-state index in [4.69, 9.17) is 26.5 Å². The van der Waals surface area contributed by atoms with Crippen molar-refractivity contribution in [1.82, 2.24) is 4.98 Å². The molecule has 0 bridgehead atoms. The molecule has 5 heteroatoms. The first kappa shape index (κ1) is 11.9. The second kappa shape index (κ2) is 4.48. The van der Waals surface area contributed by atoms with Crippen LogP contribution in [0.5, 0.6) is 5.75 Å². The van der Waals surface area contributed by atoms with Crippen molar-refractivity contribution in [2.24, 2.45) is 0 Å². The number of halogens is 1. The third-order valence-corrected chi connectivity index (χ3v) is 3.17. The Hall–Kier alpha value is -2.20. The first-order chi connectivity index (χ1) is 9.17. The molecule has 19 heavy (non-hydrogen) atoms. The minimum atomic E-state index is 0.484. The lowest BCUT2D eigenvalue weighted by Crippen LogP contribution is -1.86. The maximum Gasteiger partial charge on any atom is 0.227 e. The number of hydrogen-bond acceptors (Lipinski definition) is 4. The molecule has 0 atom stereocenters. The van der Waals surface area contributed by atoms with Gasteiger partial charge in [0.25, 0.3) is 0 Å². The van der Waals surface area contributed by atoms with Gasteiger partial charge in [-0.1, -0.05) is 11.6 Å². The van der Waals surface area contributed by atoms with E-state index in [9.17, 15) is 0 Å². The number of ether oxygens (including phenoxy) is 1. The van der Waals surface area contributed by atoms with Crippen molar-refractivity contribution in [3.8, 4) is 17.2 Å². The van der Waals surface area contributed by atoms with Gasteiger partial charge < -0.3 is 14.9 Å². The highest BCUT2D eigenvalue weighted by molar-refractivity contribution is 6.33. The summed E-state index contributed by atoms with van der Waals surface area (Å²) in [7, 11) is 1.61. The molecule has 96 valence electrons. The number of nitrogens with two attached hydrogens (primary N) is 1. The SMILES string of the molecule is COc1ccc2nc(-c3ccc(N)c(Cl)c3)oc2c1. The van der Waals surface area contributed by atoms with Crippen molar-refractivity contribution in [3.05, 3.63) is 41.4 Å². The first-order valence-corrected chi connectivity index (χ1v) is 6.05. The molecule has 0 aliphatic rings. The maximum absolute atomic E-state index is 6.00.